The first-order valence-corrected chi connectivity index (χ1v) is 25.2. The van der Waals surface area contributed by atoms with E-state index in [-0.39, 0.29) is 29.9 Å². The third kappa shape index (κ3) is 9.61. The number of anilines is 1. The third-order valence-corrected chi connectivity index (χ3v) is 17.7. The van der Waals surface area contributed by atoms with Crippen LogP contribution >= 0.6 is 0 Å². The van der Waals surface area contributed by atoms with E-state index in [0.717, 1.165) is 47.8 Å². The van der Waals surface area contributed by atoms with Crippen LogP contribution in [0.2, 0.25) is 0 Å². The van der Waals surface area contributed by atoms with Gasteiger partial charge in [0, 0.05) is 44.1 Å². The summed E-state index contributed by atoms with van der Waals surface area (Å²) < 4.78 is 22.7. The van der Waals surface area contributed by atoms with Crippen LogP contribution in [0.1, 0.15) is 123 Å². The molecule has 5 amide bonds. The number of carbonyl (C=O) groups excluding carboxylic acids is 5. The van der Waals surface area contributed by atoms with Gasteiger partial charge in [0.15, 0.2) is 0 Å². The van der Waals surface area contributed by atoms with Crippen LogP contribution in [0.4, 0.5) is 5.69 Å². The molecule has 2 aliphatic heterocycles. The summed E-state index contributed by atoms with van der Waals surface area (Å²) in [7, 11) is 2.01. The van der Waals surface area contributed by atoms with Crippen molar-refractivity contribution in [2.45, 2.75) is 109 Å². The molecule has 5 fully saturated rings. The van der Waals surface area contributed by atoms with E-state index in [0.29, 0.717) is 100 Å². The van der Waals surface area contributed by atoms with Gasteiger partial charge < -0.3 is 29.2 Å². The van der Waals surface area contributed by atoms with Gasteiger partial charge in [0.1, 0.15) is 6.04 Å². The zero-order valence-electron chi connectivity index (χ0n) is 39.8. The molecule has 5 aliphatic carbocycles. The molecule has 9 rings (SSSR count). The van der Waals surface area contributed by atoms with Crippen molar-refractivity contribution in [3.05, 3.63) is 65.0 Å². The molecule has 2 N–H and O–H groups in total. The van der Waals surface area contributed by atoms with Crippen LogP contribution in [0.5, 0.6) is 0 Å². The zero-order chi connectivity index (χ0) is 46.7. The lowest BCUT2D eigenvalue weighted by molar-refractivity contribution is -0.142. The topological polar surface area (TPSA) is 166 Å². The molecule has 4 saturated carbocycles. The van der Waals surface area contributed by atoms with E-state index in [9.17, 15) is 24.0 Å². The Bertz CT molecular complexity index is 2200. The molecule has 362 valence electrons. The normalized spacial score (nSPS) is 32.0. The predicted octanol–water partition coefficient (Wildman–Crippen LogP) is 6.72. The monoisotopic (exact) mass is 922 g/mol. The van der Waals surface area contributed by atoms with Crippen LogP contribution in [0.15, 0.2) is 42.7 Å². The summed E-state index contributed by atoms with van der Waals surface area (Å²) in [5.74, 6) is 2.61. The van der Waals surface area contributed by atoms with E-state index in [1.165, 1.54) is 56.1 Å². The fourth-order valence-corrected chi connectivity index (χ4v) is 14.1. The standard InChI is InChI=1S/C53H71N5O9/c1-52-19-15-38(32-37(52)9-10-39-42-12-11-41(53(42,2)20-16-43(39)52)35-8-7-34-17-21-54-33-36(34)31-35)57(3)47(60)18-23-64-25-27-66-29-30-67-28-26-65-24-22-55-44-6-4-5-40-48(44)51(63)58(50(40)62)45-13-14-46(59)56-49(45)61/h4-8,17,21,33,35,37-39,41-43,45,55H,9-16,18-20,22-32H2,1-3H3,(H,56,59,61)/t35?,37-,38-,39?,41+,42-,43?,45?,52-,53+/m0/s1. The van der Waals surface area contributed by atoms with Gasteiger partial charge >= 0.3 is 0 Å². The van der Waals surface area contributed by atoms with Crippen LogP contribution in [0.3, 0.4) is 0 Å². The first-order chi connectivity index (χ1) is 32.5. The van der Waals surface area contributed by atoms with Gasteiger partial charge in [0.2, 0.25) is 17.7 Å². The number of imide groups is 2. The number of nitrogens with zero attached hydrogens (tertiary/aromatic N) is 3. The Labute approximate surface area is 395 Å². The molecule has 1 saturated heterocycles. The number of hydrogen-bond acceptors (Lipinski definition) is 11. The van der Waals surface area contributed by atoms with Gasteiger partial charge in [-0.05, 0) is 146 Å². The fourth-order valence-electron chi connectivity index (χ4n) is 14.1. The van der Waals surface area contributed by atoms with E-state index < -0.39 is 29.7 Å². The number of amides is 5. The van der Waals surface area contributed by atoms with E-state index in [1.807, 2.05) is 18.1 Å². The Hall–Kier alpha value is -4.50. The highest BCUT2D eigenvalue weighted by molar-refractivity contribution is 6.25. The van der Waals surface area contributed by atoms with Crippen LogP contribution in [-0.4, -0.2) is 123 Å². The predicted molar refractivity (Wildman–Crippen MR) is 252 cm³/mol. The number of fused-ring (bicyclic) bond motifs is 7. The van der Waals surface area contributed by atoms with Gasteiger partial charge in [0.05, 0.1) is 70.4 Å². The number of carbonyl (C=O) groups is 5. The highest BCUT2D eigenvalue weighted by atomic mass is 16.6. The molecule has 0 bridgehead atoms. The van der Waals surface area contributed by atoms with E-state index >= 15 is 0 Å². The van der Waals surface area contributed by atoms with Crippen molar-refractivity contribution in [1.29, 1.82) is 0 Å². The van der Waals surface area contributed by atoms with Crippen molar-refractivity contribution in [3.63, 3.8) is 0 Å². The summed E-state index contributed by atoms with van der Waals surface area (Å²) in [6.07, 6.45) is 22.2. The minimum Gasteiger partial charge on any atom is -0.382 e. The molecule has 4 unspecified atom stereocenters. The minimum atomic E-state index is -1.01. The van der Waals surface area contributed by atoms with E-state index in [2.05, 4.69) is 53.9 Å². The Kier molecular flexibility index (Phi) is 14.6. The van der Waals surface area contributed by atoms with Crippen molar-refractivity contribution in [2.75, 3.05) is 71.8 Å². The number of allylic oxidation sites excluding steroid dienone is 1. The Morgan fingerprint density at radius 1 is 0.821 bits per heavy atom. The second kappa shape index (κ2) is 20.6. The summed E-state index contributed by atoms with van der Waals surface area (Å²) in [4.78, 5) is 71.1. The smallest absolute Gasteiger partial charge is 0.264 e. The quantitative estimate of drug-likeness (QED) is 0.114. The summed E-state index contributed by atoms with van der Waals surface area (Å²) in [6.45, 7) is 8.85. The zero-order valence-corrected chi connectivity index (χ0v) is 39.8. The van der Waals surface area contributed by atoms with Crippen LogP contribution in [-0.2, 0) is 39.8 Å². The Balaban J connectivity index is 0.606. The first-order valence-electron chi connectivity index (χ1n) is 25.2. The summed E-state index contributed by atoms with van der Waals surface area (Å²) in [5.41, 5.74) is 4.51. The molecule has 7 aliphatic rings. The number of benzene rings is 1. The molecule has 3 heterocycles. The lowest BCUT2D eigenvalue weighted by Gasteiger charge is -2.62. The Morgan fingerprint density at radius 2 is 1.54 bits per heavy atom. The SMILES string of the molecule is CN(C(=O)CCOCCOCCOCCOCCNc1cccc2c1C(=O)N(C1CCC(=O)NC1=O)C2=O)[C@H]1CC[C@]2(C)C3CC[C@]4(C)[C@@H](C5C=Cc6ccncc6C5)CC[C@H]4C3CC[C@H]2C1. The third-order valence-electron chi connectivity index (χ3n) is 17.7. The molecule has 2 aromatic rings. The maximum absolute atomic E-state index is 13.4. The van der Waals surface area contributed by atoms with E-state index in [4.69, 9.17) is 18.9 Å². The van der Waals surface area contributed by atoms with Crippen LogP contribution < -0.4 is 10.6 Å². The van der Waals surface area contributed by atoms with Gasteiger partial charge in [-0.1, -0.05) is 32.1 Å². The maximum atomic E-state index is 13.4. The highest BCUT2D eigenvalue weighted by Gasteiger charge is 2.61. The molecule has 1 aromatic carbocycles. The number of ether oxygens (including phenoxy) is 4. The molecular weight excluding hydrogens is 851 g/mol. The lowest BCUT2D eigenvalue weighted by atomic mass is 9.44. The van der Waals surface area contributed by atoms with Gasteiger partial charge in [-0.25, -0.2) is 0 Å². The number of piperidine rings is 1. The molecule has 14 nitrogen and oxygen atoms in total. The van der Waals surface area contributed by atoms with E-state index in [1.54, 1.807) is 18.2 Å². The van der Waals surface area contributed by atoms with Crippen molar-refractivity contribution >= 4 is 41.3 Å². The molecule has 10 atom stereocenters. The second-order valence-electron chi connectivity index (χ2n) is 20.9. The number of pyridine rings is 1. The van der Waals surface area contributed by atoms with Crippen molar-refractivity contribution in [1.82, 2.24) is 20.1 Å². The highest BCUT2D eigenvalue weighted by Crippen LogP contribution is 2.68. The first kappa shape index (κ1) is 47.6. The molecule has 1 aromatic heterocycles. The number of aromatic nitrogens is 1. The molecule has 67 heavy (non-hydrogen) atoms. The van der Waals surface area contributed by atoms with Crippen LogP contribution in [0, 0.1) is 46.3 Å². The molecule has 0 radical (unpaired) electrons. The van der Waals surface area contributed by atoms with Crippen molar-refractivity contribution in [2.24, 2.45) is 46.3 Å². The Morgan fingerprint density at radius 3 is 2.31 bits per heavy atom. The van der Waals surface area contributed by atoms with Crippen LogP contribution in [0.25, 0.3) is 6.08 Å². The summed E-state index contributed by atoms with van der Waals surface area (Å²) >= 11 is 0. The summed E-state index contributed by atoms with van der Waals surface area (Å²) in [5, 5.41) is 5.38. The lowest BCUT2D eigenvalue weighted by Crippen LogP contribution is -2.55. The average Bonchev–Trinajstić information content (AvgIpc) is 3.82. The number of rotatable bonds is 19. The average molecular weight is 922 g/mol. The molecule has 14 heteroatoms. The van der Waals surface area contributed by atoms with Crippen molar-refractivity contribution < 1.29 is 42.9 Å². The summed E-state index contributed by atoms with van der Waals surface area (Å²) in [6, 6.07) is 6.41. The van der Waals surface area contributed by atoms with Gasteiger partial charge in [-0.15, -0.1) is 0 Å². The number of hydrogen-bond donors (Lipinski definition) is 2. The minimum absolute atomic E-state index is 0.0675. The van der Waals surface area contributed by atoms with Gasteiger partial charge in [0.25, 0.3) is 11.8 Å². The molecular formula is C53H71N5O9. The van der Waals surface area contributed by atoms with Gasteiger partial charge in [-0.2, -0.15) is 0 Å². The number of nitrogens with one attached hydrogen (secondary N) is 2. The fraction of sp³-hybridized carbons (Fsp3) is 0.660. The van der Waals surface area contributed by atoms with Gasteiger partial charge in [-0.3, -0.25) is 39.2 Å². The maximum Gasteiger partial charge on any atom is 0.264 e. The van der Waals surface area contributed by atoms with Crippen molar-refractivity contribution in [3.8, 4) is 0 Å². The second-order valence-corrected chi connectivity index (χ2v) is 20.9. The molecule has 0 spiro atoms. The largest absolute Gasteiger partial charge is 0.382 e.